The van der Waals surface area contributed by atoms with E-state index in [-0.39, 0.29) is 6.04 Å². The van der Waals surface area contributed by atoms with Crippen molar-refractivity contribution in [3.05, 3.63) is 71.0 Å². The van der Waals surface area contributed by atoms with Gasteiger partial charge in [-0.3, -0.25) is 0 Å². The van der Waals surface area contributed by atoms with Gasteiger partial charge in [0.25, 0.3) is 0 Å². The van der Waals surface area contributed by atoms with Crippen LogP contribution in [0.3, 0.4) is 0 Å². The van der Waals surface area contributed by atoms with Crippen molar-refractivity contribution in [2.24, 2.45) is 0 Å². The van der Waals surface area contributed by atoms with E-state index in [9.17, 15) is 0 Å². The van der Waals surface area contributed by atoms with Gasteiger partial charge >= 0.3 is 0 Å². The molecule has 0 aliphatic carbocycles. The molecular weight excluding hydrogens is 258 g/mol. The quantitative estimate of drug-likeness (QED) is 0.745. The molecule has 2 nitrogen and oxygen atoms in total. The van der Waals surface area contributed by atoms with Crippen molar-refractivity contribution in [1.82, 2.24) is 5.32 Å². The van der Waals surface area contributed by atoms with Gasteiger partial charge in [-0.25, -0.2) is 0 Å². The normalized spacial score (nSPS) is 12.7. The fraction of sp³-hybridized carbons (Fsp3) is 0.263. The van der Waals surface area contributed by atoms with Gasteiger partial charge in [-0.05, 0) is 37.6 Å². The number of hydrogen-bond acceptors (Lipinski definition) is 2. The molecule has 1 heterocycles. The molecule has 1 atom stereocenters. The highest BCUT2D eigenvalue weighted by Crippen LogP contribution is 2.32. The minimum absolute atomic E-state index is 0.166. The van der Waals surface area contributed by atoms with E-state index in [1.165, 1.54) is 27.6 Å². The SMILES string of the molecule is CCNC(c1ccc(C)cc1C)c1coc2ccccc12. The van der Waals surface area contributed by atoms with Crippen LogP contribution in [0.2, 0.25) is 0 Å². The molecule has 21 heavy (non-hydrogen) atoms. The molecule has 0 aliphatic rings. The lowest BCUT2D eigenvalue weighted by atomic mass is 9.93. The summed E-state index contributed by atoms with van der Waals surface area (Å²) in [6.45, 7) is 7.36. The van der Waals surface area contributed by atoms with Gasteiger partial charge in [0.15, 0.2) is 0 Å². The molecule has 1 unspecified atom stereocenters. The van der Waals surface area contributed by atoms with Crippen molar-refractivity contribution in [3.8, 4) is 0 Å². The number of aryl methyl sites for hydroxylation is 2. The van der Waals surface area contributed by atoms with Crippen LogP contribution in [0, 0.1) is 13.8 Å². The fourth-order valence-electron chi connectivity index (χ4n) is 2.96. The van der Waals surface area contributed by atoms with E-state index in [0.29, 0.717) is 0 Å². The Labute approximate surface area is 125 Å². The van der Waals surface area contributed by atoms with E-state index in [4.69, 9.17) is 4.42 Å². The number of hydrogen-bond donors (Lipinski definition) is 1. The van der Waals surface area contributed by atoms with Crippen molar-refractivity contribution < 1.29 is 4.42 Å². The molecule has 0 amide bonds. The summed E-state index contributed by atoms with van der Waals surface area (Å²) >= 11 is 0. The molecule has 0 bridgehead atoms. The first kappa shape index (κ1) is 13.9. The average molecular weight is 279 g/mol. The molecule has 0 radical (unpaired) electrons. The van der Waals surface area contributed by atoms with Gasteiger partial charge in [-0.1, -0.05) is 48.9 Å². The summed E-state index contributed by atoms with van der Waals surface area (Å²) in [6, 6.07) is 15.0. The molecule has 0 aliphatic heterocycles. The van der Waals surface area contributed by atoms with Crippen LogP contribution in [-0.2, 0) is 0 Å². The number of rotatable bonds is 4. The third kappa shape index (κ3) is 2.59. The van der Waals surface area contributed by atoms with E-state index in [2.05, 4.69) is 56.4 Å². The molecule has 0 saturated heterocycles. The molecular formula is C19H21NO. The summed E-state index contributed by atoms with van der Waals surface area (Å²) < 4.78 is 5.72. The predicted molar refractivity (Wildman–Crippen MR) is 87.6 cm³/mol. The van der Waals surface area contributed by atoms with Crippen molar-refractivity contribution in [3.63, 3.8) is 0 Å². The number of para-hydroxylation sites is 1. The summed E-state index contributed by atoms with van der Waals surface area (Å²) in [4.78, 5) is 0. The molecule has 3 rings (SSSR count). The molecule has 1 aromatic heterocycles. The van der Waals surface area contributed by atoms with Gasteiger partial charge in [0.05, 0.1) is 12.3 Å². The second-order valence-electron chi connectivity index (χ2n) is 5.54. The first-order valence-corrected chi connectivity index (χ1v) is 7.47. The van der Waals surface area contributed by atoms with Crippen molar-refractivity contribution >= 4 is 11.0 Å². The van der Waals surface area contributed by atoms with Crippen molar-refractivity contribution in [2.45, 2.75) is 26.8 Å². The van der Waals surface area contributed by atoms with E-state index < -0.39 is 0 Å². The second kappa shape index (κ2) is 5.74. The minimum Gasteiger partial charge on any atom is -0.464 e. The zero-order valence-electron chi connectivity index (χ0n) is 12.8. The van der Waals surface area contributed by atoms with E-state index in [0.717, 1.165) is 12.1 Å². The highest BCUT2D eigenvalue weighted by Gasteiger charge is 2.19. The molecule has 0 saturated carbocycles. The first-order valence-electron chi connectivity index (χ1n) is 7.47. The van der Waals surface area contributed by atoms with Crippen LogP contribution in [0.4, 0.5) is 0 Å². The first-order chi connectivity index (χ1) is 10.2. The van der Waals surface area contributed by atoms with Crippen LogP contribution in [0.5, 0.6) is 0 Å². The second-order valence-corrected chi connectivity index (χ2v) is 5.54. The topological polar surface area (TPSA) is 25.2 Å². The minimum atomic E-state index is 0.166. The molecule has 108 valence electrons. The van der Waals surface area contributed by atoms with E-state index >= 15 is 0 Å². The Morgan fingerprint density at radius 3 is 2.62 bits per heavy atom. The number of benzene rings is 2. The number of furan rings is 1. The van der Waals surface area contributed by atoms with Crippen LogP contribution in [-0.4, -0.2) is 6.54 Å². The molecule has 1 N–H and O–H groups in total. The maximum atomic E-state index is 5.72. The average Bonchev–Trinajstić information content (AvgIpc) is 2.89. The van der Waals surface area contributed by atoms with Crippen LogP contribution in [0.25, 0.3) is 11.0 Å². The molecule has 2 aromatic carbocycles. The molecule has 0 fully saturated rings. The van der Waals surface area contributed by atoms with Gasteiger partial charge < -0.3 is 9.73 Å². The van der Waals surface area contributed by atoms with Gasteiger partial charge in [0.1, 0.15) is 5.58 Å². The Balaban J connectivity index is 2.13. The van der Waals surface area contributed by atoms with Gasteiger partial charge in [-0.2, -0.15) is 0 Å². The Bertz CT molecular complexity index is 757. The third-order valence-corrected chi connectivity index (χ3v) is 3.97. The number of fused-ring (bicyclic) bond motifs is 1. The lowest BCUT2D eigenvalue weighted by Crippen LogP contribution is -2.22. The molecule has 2 heteroatoms. The fourth-order valence-corrected chi connectivity index (χ4v) is 2.96. The zero-order chi connectivity index (χ0) is 14.8. The zero-order valence-corrected chi connectivity index (χ0v) is 12.8. The summed E-state index contributed by atoms with van der Waals surface area (Å²) in [5, 5.41) is 4.78. The van der Waals surface area contributed by atoms with Crippen molar-refractivity contribution in [2.75, 3.05) is 6.54 Å². The summed E-state index contributed by atoms with van der Waals surface area (Å²) in [5.74, 6) is 0. The van der Waals surface area contributed by atoms with Gasteiger partial charge in [-0.15, -0.1) is 0 Å². The Kier molecular flexibility index (Phi) is 3.80. The summed E-state index contributed by atoms with van der Waals surface area (Å²) in [6.07, 6.45) is 1.89. The van der Waals surface area contributed by atoms with Gasteiger partial charge in [0, 0.05) is 10.9 Å². The lowest BCUT2D eigenvalue weighted by molar-refractivity contribution is 0.583. The van der Waals surface area contributed by atoms with E-state index in [1.807, 2.05) is 18.4 Å². The van der Waals surface area contributed by atoms with E-state index in [1.54, 1.807) is 0 Å². The summed E-state index contributed by atoms with van der Waals surface area (Å²) in [5.41, 5.74) is 6.07. The van der Waals surface area contributed by atoms with Crippen LogP contribution >= 0.6 is 0 Å². The van der Waals surface area contributed by atoms with Crippen LogP contribution in [0.1, 0.15) is 35.2 Å². The standard InChI is InChI=1S/C19H21NO/c1-4-20-19(15-10-9-13(2)11-14(15)3)17-12-21-18-8-6-5-7-16(17)18/h5-12,19-20H,4H2,1-3H3. The van der Waals surface area contributed by atoms with Crippen LogP contribution in [0.15, 0.2) is 53.1 Å². The predicted octanol–water partition coefficient (Wildman–Crippen LogP) is 4.75. The largest absolute Gasteiger partial charge is 0.464 e. The highest BCUT2D eigenvalue weighted by molar-refractivity contribution is 5.82. The maximum absolute atomic E-state index is 5.72. The Morgan fingerprint density at radius 2 is 1.86 bits per heavy atom. The lowest BCUT2D eigenvalue weighted by Gasteiger charge is -2.20. The molecule has 0 spiro atoms. The maximum Gasteiger partial charge on any atom is 0.134 e. The monoisotopic (exact) mass is 279 g/mol. The number of nitrogens with one attached hydrogen (secondary N) is 1. The summed E-state index contributed by atoms with van der Waals surface area (Å²) in [7, 11) is 0. The van der Waals surface area contributed by atoms with Crippen LogP contribution < -0.4 is 5.32 Å². The van der Waals surface area contributed by atoms with Crippen molar-refractivity contribution in [1.29, 1.82) is 0 Å². The Morgan fingerprint density at radius 1 is 1.05 bits per heavy atom. The Hall–Kier alpha value is -2.06. The van der Waals surface area contributed by atoms with Gasteiger partial charge in [0.2, 0.25) is 0 Å². The smallest absolute Gasteiger partial charge is 0.134 e. The third-order valence-electron chi connectivity index (χ3n) is 3.97. The highest BCUT2D eigenvalue weighted by atomic mass is 16.3. The molecule has 3 aromatic rings.